The van der Waals surface area contributed by atoms with Crippen LogP contribution in [0.25, 0.3) is 10.9 Å². The maximum absolute atomic E-state index is 13.1. The minimum atomic E-state index is -0.994. The number of ether oxygens (including phenoxy) is 1. The van der Waals surface area contributed by atoms with Crippen molar-refractivity contribution >= 4 is 74.8 Å². The largest absolute Gasteiger partial charge is 0.497 e. The van der Waals surface area contributed by atoms with Gasteiger partial charge in [0.1, 0.15) is 11.4 Å². The molecule has 0 atom stereocenters. The number of halogens is 3. The fourth-order valence-corrected chi connectivity index (χ4v) is 3.90. The summed E-state index contributed by atoms with van der Waals surface area (Å²) in [6.07, 6.45) is 0. The van der Waals surface area contributed by atoms with Gasteiger partial charge in [-0.2, -0.15) is 0 Å². The van der Waals surface area contributed by atoms with Gasteiger partial charge in [-0.05, 0) is 66.7 Å². The van der Waals surface area contributed by atoms with E-state index in [-0.39, 0.29) is 10.7 Å². The number of rotatable bonds is 5. The molecule has 35 heavy (non-hydrogen) atoms. The van der Waals surface area contributed by atoms with E-state index in [0.717, 1.165) is 0 Å². The Kier molecular flexibility index (Phi) is 7.16. The zero-order chi connectivity index (χ0) is 25.1. The van der Waals surface area contributed by atoms with Crippen molar-refractivity contribution in [3.05, 3.63) is 87.5 Å². The van der Waals surface area contributed by atoms with Crippen LogP contribution < -0.4 is 20.8 Å². The fraction of sp³-hybridized carbons (Fsp3) is 0.0417. The Morgan fingerprint density at radius 1 is 0.800 bits per heavy atom. The van der Waals surface area contributed by atoms with Crippen LogP contribution in [0.3, 0.4) is 0 Å². The quantitative estimate of drug-likeness (QED) is 0.293. The minimum absolute atomic E-state index is 0.0406. The van der Waals surface area contributed by atoms with Crippen LogP contribution in [0, 0.1) is 0 Å². The molecule has 178 valence electrons. The molecule has 3 aromatic carbocycles. The lowest BCUT2D eigenvalue weighted by molar-refractivity contribution is -0.133. The zero-order valence-corrected chi connectivity index (χ0v) is 20.3. The van der Waals surface area contributed by atoms with Gasteiger partial charge in [0, 0.05) is 21.1 Å². The third-order valence-corrected chi connectivity index (χ3v) is 5.73. The number of aromatic nitrogens is 1. The number of amides is 3. The second-order valence-corrected chi connectivity index (χ2v) is 8.55. The number of hydrogen-bond donors (Lipinski definition) is 3. The van der Waals surface area contributed by atoms with Gasteiger partial charge >= 0.3 is 11.8 Å². The van der Waals surface area contributed by atoms with E-state index in [2.05, 4.69) is 16.1 Å². The predicted octanol–water partition coefficient (Wildman–Crippen LogP) is 5.57. The smallest absolute Gasteiger partial charge is 0.328 e. The molecule has 4 aromatic rings. The van der Waals surface area contributed by atoms with Gasteiger partial charge in [-0.1, -0.05) is 34.8 Å². The van der Waals surface area contributed by atoms with Crippen molar-refractivity contribution < 1.29 is 19.1 Å². The molecule has 4 rings (SSSR count). The first-order valence-electron chi connectivity index (χ1n) is 10.1. The van der Waals surface area contributed by atoms with Crippen LogP contribution in [-0.2, 0) is 9.59 Å². The predicted molar refractivity (Wildman–Crippen MR) is 137 cm³/mol. The Balaban J connectivity index is 1.61. The Labute approximate surface area is 214 Å². The van der Waals surface area contributed by atoms with Crippen LogP contribution in [-0.4, -0.2) is 29.5 Å². The molecular formula is C24H17Cl3N4O4. The Hall–Kier alpha value is -3.72. The van der Waals surface area contributed by atoms with Gasteiger partial charge in [-0.15, -0.1) is 0 Å². The first-order chi connectivity index (χ1) is 16.7. The molecule has 0 saturated carbocycles. The zero-order valence-electron chi connectivity index (χ0n) is 18.1. The van der Waals surface area contributed by atoms with E-state index in [9.17, 15) is 14.4 Å². The molecule has 0 bridgehead atoms. The number of methoxy groups -OCH3 is 1. The van der Waals surface area contributed by atoms with E-state index in [1.807, 2.05) is 0 Å². The van der Waals surface area contributed by atoms with Gasteiger partial charge in [0.25, 0.3) is 5.91 Å². The Morgan fingerprint density at radius 3 is 2.17 bits per heavy atom. The lowest BCUT2D eigenvalue weighted by Gasteiger charge is -2.13. The summed E-state index contributed by atoms with van der Waals surface area (Å²) in [6.45, 7) is 0. The Morgan fingerprint density at radius 2 is 1.49 bits per heavy atom. The van der Waals surface area contributed by atoms with Crippen LogP contribution in [0.4, 0.5) is 11.4 Å². The number of hydrogen-bond acceptors (Lipinski definition) is 4. The van der Waals surface area contributed by atoms with Gasteiger partial charge in [0.15, 0.2) is 0 Å². The molecule has 1 aromatic heterocycles. The minimum Gasteiger partial charge on any atom is -0.497 e. The summed E-state index contributed by atoms with van der Waals surface area (Å²) < 4.78 is 6.28. The third-order valence-electron chi connectivity index (χ3n) is 4.94. The van der Waals surface area contributed by atoms with Gasteiger partial charge < -0.3 is 15.4 Å². The number of carbonyl (C=O) groups excluding carboxylic acids is 3. The number of fused-ring (bicyclic) bond motifs is 1. The van der Waals surface area contributed by atoms with Crippen molar-refractivity contribution in [2.75, 3.05) is 23.2 Å². The molecule has 0 saturated heterocycles. The first-order valence-corrected chi connectivity index (χ1v) is 11.2. The summed E-state index contributed by atoms with van der Waals surface area (Å²) in [7, 11) is 1.52. The van der Waals surface area contributed by atoms with Crippen LogP contribution in [0.15, 0.2) is 66.7 Å². The number of nitrogens with zero attached hydrogens (tertiary/aromatic N) is 1. The van der Waals surface area contributed by atoms with Crippen molar-refractivity contribution in [3.8, 4) is 5.75 Å². The normalized spacial score (nSPS) is 10.6. The lowest BCUT2D eigenvalue weighted by Crippen LogP contribution is -2.36. The molecule has 0 unspecified atom stereocenters. The molecule has 0 spiro atoms. The molecule has 0 radical (unpaired) electrons. The maximum atomic E-state index is 13.1. The highest BCUT2D eigenvalue weighted by Gasteiger charge is 2.22. The van der Waals surface area contributed by atoms with Gasteiger partial charge in [0.2, 0.25) is 0 Å². The van der Waals surface area contributed by atoms with Crippen molar-refractivity contribution in [2.45, 2.75) is 0 Å². The molecule has 0 aliphatic carbocycles. The van der Waals surface area contributed by atoms with E-state index >= 15 is 0 Å². The molecule has 0 aliphatic heterocycles. The summed E-state index contributed by atoms with van der Waals surface area (Å²) in [5.74, 6) is -1.91. The molecule has 0 fully saturated rings. The summed E-state index contributed by atoms with van der Waals surface area (Å²) in [6, 6.07) is 17.4. The average Bonchev–Trinajstić information content (AvgIpc) is 3.18. The molecular weight excluding hydrogens is 515 g/mol. The van der Waals surface area contributed by atoms with E-state index in [1.165, 1.54) is 23.9 Å². The van der Waals surface area contributed by atoms with Crippen LogP contribution in [0.5, 0.6) is 5.75 Å². The van der Waals surface area contributed by atoms with E-state index in [0.29, 0.717) is 38.1 Å². The van der Waals surface area contributed by atoms with E-state index < -0.39 is 17.7 Å². The first kappa shape index (κ1) is 24.4. The number of carbonyl (C=O) groups is 3. The summed E-state index contributed by atoms with van der Waals surface area (Å²) in [5.41, 5.74) is 3.67. The molecule has 3 amide bonds. The standard InChI is InChI=1S/C24H17Cl3N4O4/c1-35-17-6-4-16(5-7-17)28-23(33)24(34)30-31-20-9-3-14(25)10-13(20)11-21(31)22(32)29-19-8-2-15(26)12-18(19)27/h2-12H,1H3,(H,28,33)(H,29,32)(H,30,34). The van der Waals surface area contributed by atoms with Gasteiger partial charge in [-0.3, -0.25) is 19.8 Å². The molecule has 3 N–H and O–H groups in total. The van der Waals surface area contributed by atoms with Crippen molar-refractivity contribution in [2.24, 2.45) is 0 Å². The average molecular weight is 532 g/mol. The van der Waals surface area contributed by atoms with Crippen molar-refractivity contribution in [3.63, 3.8) is 0 Å². The SMILES string of the molecule is COc1ccc(NC(=O)C(=O)Nn2c(C(=O)Nc3ccc(Cl)cc3Cl)cc3cc(Cl)ccc32)cc1. The number of benzene rings is 3. The van der Waals surface area contributed by atoms with Crippen molar-refractivity contribution in [1.82, 2.24) is 4.68 Å². The monoisotopic (exact) mass is 530 g/mol. The fourth-order valence-electron chi connectivity index (χ4n) is 3.27. The van der Waals surface area contributed by atoms with Crippen LogP contribution >= 0.6 is 34.8 Å². The summed E-state index contributed by atoms with van der Waals surface area (Å²) in [4.78, 5) is 38.3. The molecule has 11 heteroatoms. The highest BCUT2D eigenvalue weighted by atomic mass is 35.5. The number of nitrogens with one attached hydrogen (secondary N) is 3. The van der Waals surface area contributed by atoms with E-state index in [4.69, 9.17) is 39.5 Å². The molecule has 0 aliphatic rings. The molecule has 8 nitrogen and oxygen atoms in total. The Bertz CT molecular complexity index is 1450. The highest BCUT2D eigenvalue weighted by molar-refractivity contribution is 6.42. The van der Waals surface area contributed by atoms with Crippen LogP contribution in [0.2, 0.25) is 15.1 Å². The molecule has 1 heterocycles. The second kappa shape index (κ2) is 10.3. The topological polar surface area (TPSA) is 101 Å². The van der Waals surface area contributed by atoms with Crippen LogP contribution in [0.1, 0.15) is 10.5 Å². The third kappa shape index (κ3) is 5.51. The highest BCUT2D eigenvalue weighted by Crippen LogP contribution is 2.27. The number of anilines is 2. The van der Waals surface area contributed by atoms with Gasteiger partial charge in [-0.25, -0.2) is 4.68 Å². The summed E-state index contributed by atoms with van der Waals surface area (Å²) >= 11 is 18.2. The second-order valence-electron chi connectivity index (χ2n) is 7.27. The van der Waals surface area contributed by atoms with Crippen molar-refractivity contribution in [1.29, 1.82) is 0 Å². The summed E-state index contributed by atoms with van der Waals surface area (Å²) in [5, 5.41) is 6.82. The lowest BCUT2D eigenvalue weighted by atomic mass is 10.2. The maximum Gasteiger partial charge on any atom is 0.328 e. The van der Waals surface area contributed by atoms with Gasteiger partial charge in [0.05, 0.1) is 23.3 Å². The van der Waals surface area contributed by atoms with E-state index in [1.54, 1.807) is 54.6 Å².